The second-order valence-corrected chi connectivity index (χ2v) is 3.86. The van der Waals surface area contributed by atoms with Crippen LogP contribution in [0.2, 0.25) is 0 Å². The molecule has 5 heteroatoms. The van der Waals surface area contributed by atoms with E-state index in [1.165, 1.54) is 4.57 Å². The molecule has 0 saturated carbocycles. The van der Waals surface area contributed by atoms with Gasteiger partial charge in [-0.15, -0.1) is 0 Å². The third-order valence-corrected chi connectivity index (χ3v) is 2.58. The van der Waals surface area contributed by atoms with Crippen LogP contribution in [-0.2, 0) is 13.7 Å². The molecular weight excluding hydrogens is 250 g/mol. The van der Waals surface area contributed by atoms with Gasteiger partial charge in [0, 0.05) is 13.2 Å². The van der Waals surface area contributed by atoms with Crippen LogP contribution in [0, 0.1) is 0 Å². The molecule has 2 heterocycles. The number of hydrogen-bond donors (Lipinski definition) is 1. The standard InChI is InChI=1S/C9H8BrNO3/c1-11-3-7(10)8-6(9(11)13)2-5(4-12)14-8/h2-3,12H,4H2,1H3. The van der Waals surface area contributed by atoms with Crippen molar-refractivity contribution < 1.29 is 9.52 Å². The van der Waals surface area contributed by atoms with Crippen LogP contribution in [0.15, 0.2) is 25.9 Å². The molecule has 0 aliphatic rings. The molecular formula is C9H8BrNO3. The lowest BCUT2D eigenvalue weighted by Gasteiger charge is -1.97. The molecule has 14 heavy (non-hydrogen) atoms. The summed E-state index contributed by atoms with van der Waals surface area (Å²) < 4.78 is 7.44. The van der Waals surface area contributed by atoms with E-state index in [4.69, 9.17) is 9.52 Å². The normalized spacial score (nSPS) is 11.1. The van der Waals surface area contributed by atoms with Crippen LogP contribution in [0.3, 0.4) is 0 Å². The maximum atomic E-state index is 11.6. The Kier molecular flexibility index (Phi) is 2.20. The summed E-state index contributed by atoms with van der Waals surface area (Å²) in [5, 5.41) is 9.35. The molecule has 0 aromatic carbocycles. The highest BCUT2D eigenvalue weighted by atomic mass is 79.9. The number of halogens is 1. The number of furan rings is 1. The van der Waals surface area contributed by atoms with Crippen LogP contribution in [0.4, 0.5) is 0 Å². The molecule has 74 valence electrons. The van der Waals surface area contributed by atoms with Crippen molar-refractivity contribution in [3.8, 4) is 0 Å². The summed E-state index contributed by atoms with van der Waals surface area (Å²) in [4.78, 5) is 11.6. The number of aryl methyl sites for hydroxylation is 1. The molecule has 2 rings (SSSR count). The number of aliphatic hydroxyl groups is 1. The molecule has 2 aromatic heterocycles. The Balaban J connectivity index is 2.91. The van der Waals surface area contributed by atoms with Gasteiger partial charge in [-0.25, -0.2) is 0 Å². The molecule has 0 atom stereocenters. The van der Waals surface area contributed by atoms with Crippen molar-refractivity contribution >= 4 is 26.9 Å². The molecule has 0 unspecified atom stereocenters. The second-order valence-electron chi connectivity index (χ2n) is 3.01. The SMILES string of the molecule is Cn1cc(Br)c2oc(CO)cc2c1=O. The molecule has 0 bridgehead atoms. The molecule has 0 aliphatic carbocycles. The van der Waals surface area contributed by atoms with E-state index >= 15 is 0 Å². The fourth-order valence-electron chi connectivity index (χ4n) is 1.33. The highest BCUT2D eigenvalue weighted by Gasteiger charge is 2.11. The number of nitrogens with zero attached hydrogens (tertiary/aromatic N) is 1. The topological polar surface area (TPSA) is 55.4 Å². The van der Waals surface area contributed by atoms with Crippen molar-refractivity contribution in [1.82, 2.24) is 4.57 Å². The Morgan fingerprint density at radius 1 is 1.64 bits per heavy atom. The third kappa shape index (κ3) is 1.29. The minimum Gasteiger partial charge on any atom is -0.457 e. The molecule has 0 saturated heterocycles. The largest absolute Gasteiger partial charge is 0.457 e. The van der Waals surface area contributed by atoms with Crippen LogP contribution >= 0.6 is 15.9 Å². The lowest BCUT2D eigenvalue weighted by atomic mass is 10.3. The fraction of sp³-hybridized carbons (Fsp3) is 0.222. The number of hydrogen-bond acceptors (Lipinski definition) is 3. The summed E-state index contributed by atoms with van der Waals surface area (Å²) in [5.74, 6) is 0.393. The zero-order chi connectivity index (χ0) is 10.3. The van der Waals surface area contributed by atoms with Crippen LogP contribution < -0.4 is 5.56 Å². The third-order valence-electron chi connectivity index (χ3n) is 2.01. The van der Waals surface area contributed by atoms with Crippen molar-refractivity contribution in [2.75, 3.05) is 0 Å². The Morgan fingerprint density at radius 2 is 2.36 bits per heavy atom. The van der Waals surface area contributed by atoms with Crippen molar-refractivity contribution in [3.05, 3.63) is 32.8 Å². The number of aliphatic hydroxyl groups excluding tert-OH is 1. The molecule has 1 N–H and O–H groups in total. The zero-order valence-corrected chi connectivity index (χ0v) is 9.04. The van der Waals surface area contributed by atoms with E-state index in [1.807, 2.05) is 0 Å². The summed E-state index contributed by atoms with van der Waals surface area (Å²) in [6.07, 6.45) is 1.63. The summed E-state index contributed by atoms with van der Waals surface area (Å²) in [6, 6.07) is 1.56. The Hall–Kier alpha value is -1.07. The monoisotopic (exact) mass is 257 g/mol. The Bertz CT molecular complexity index is 541. The summed E-state index contributed by atoms with van der Waals surface area (Å²) in [6.45, 7) is -0.204. The molecule has 0 spiro atoms. The second kappa shape index (κ2) is 3.25. The smallest absolute Gasteiger partial charge is 0.261 e. The number of pyridine rings is 1. The average molecular weight is 258 g/mol. The van der Waals surface area contributed by atoms with Crippen molar-refractivity contribution in [1.29, 1.82) is 0 Å². The van der Waals surface area contributed by atoms with Gasteiger partial charge >= 0.3 is 0 Å². The zero-order valence-electron chi connectivity index (χ0n) is 7.45. The van der Waals surface area contributed by atoms with E-state index in [0.29, 0.717) is 21.2 Å². The average Bonchev–Trinajstić information content (AvgIpc) is 2.58. The van der Waals surface area contributed by atoms with Crippen molar-refractivity contribution in [2.45, 2.75) is 6.61 Å². The van der Waals surface area contributed by atoms with Gasteiger partial charge in [0.25, 0.3) is 5.56 Å². The predicted molar refractivity (Wildman–Crippen MR) is 55.1 cm³/mol. The minimum absolute atomic E-state index is 0.133. The molecule has 0 fully saturated rings. The summed E-state index contributed by atoms with van der Waals surface area (Å²) in [5.41, 5.74) is 0.351. The van der Waals surface area contributed by atoms with Gasteiger partial charge in [0.05, 0.1) is 9.86 Å². The molecule has 0 aliphatic heterocycles. The Labute approximate surface area is 87.9 Å². The fourth-order valence-corrected chi connectivity index (χ4v) is 1.94. The van der Waals surface area contributed by atoms with E-state index in [9.17, 15) is 4.79 Å². The van der Waals surface area contributed by atoms with Gasteiger partial charge in [-0.05, 0) is 22.0 Å². The number of rotatable bonds is 1. The predicted octanol–water partition coefficient (Wildman–Crippen LogP) is 1.39. The van der Waals surface area contributed by atoms with E-state index < -0.39 is 0 Å². The van der Waals surface area contributed by atoms with Gasteiger partial charge in [0.1, 0.15) is 12.4 Å². The lowest BCUT2D eigenvalue weighted by molar-refractivity contribution is 0.251. The van der Waals surface area contributed by atoms with Gasteiger partial charge in [-0.1, -0.05) is 0 Å². The van der Waals surface area contributed by atoms with Crippen LogP contribution in [-0.4, -0.2) is 9.67 Å². The van der Waals surface area contributed by atoms with E-state index in [1.54, 1.807) is 19.3 Å². The number of fused-ring (bicyclic) bond motifs is 1. The first-order valence-electron chi connectivity index (χ1n) is 4.02. The lowest BCUT2D eigenvalue weighted by Crippen LogP contribution is -2.15. The van der Waals surface area contributed by atoms with Gasteiger partial charge in [0.2, 0.25) is 0 Å². The Morgan fingerprint density at radius 3 is 3.00 bits per heavy atom. The highest BCUT2D eigenvalue weighted by molar-refractivity contribution is 9.10. The molecule has 4 nitrogen and oxygen atoms in total. The van der Waals surface area contributed by atoms with Gasteiger partial charge in [-0.2, -0.15) is 0 Å². The summed E-state index contributed by atoms with van der Waals surface area (Å²) >= 11 is 3.29. The van der Waals surface area contributed by atoms with Crippen molar-refractivity contribution in [2.24, 2.45) is 7.05 Å². The number of aromatic nitrogens is 1. The van der Waals surface area contributed by atoms with E-state index in [0.717, 1.165) is 0 Å². The molecule has 0 amide bonds. The van der Waals surface area contributed by atoms with Crippen LogP contribution in [0.1, 0.15) is 5.76 Å². The van der Waals surface area contributed by atoms with Crippen molar-refractivity contribution in [3.63, 3.8) is 0 Å². The maximum absolute atomic E-state index is 11.6. The van der Waals surface area contributed by atoms with Gasteiger partial charge in [0.15, 0.2) is 5.58 Å². The highest BCUT2D eigenvalue weighted by Crippen LogP contribution is 2.24. The molecule has 2 aromatic rings. The van der Waals surface area contributed by atoms with Gasteiger partial charge < -0.3 is 14.1 Å². The van der Waals surface area contributed by atoms with Crippen LogP contribution in [0.25, 0.3) is 11.0 Å². The van der Waals surface area contributed by atoms with Gasteiger partial charge in [-0.3, -0.25) is 4.79 Å². The summed E-state index contributed by atoms with van der Waals surface area (Å²) in [7, 11) is 1.66. The van der Waals surface area contributed by atoms with E-state index in [-0.39, 0.29) is 12.2 Å². The first-order valence-corrected chi connectivity index (χ1v) is 4.81. The molecule has 0 radical (unpaired) electrons. The first-order chi connectivity index (χ1) is 6.63. The maximum Gasteiger partial charge on any atom is 0.261 e. The quantitative estimate of drug-likeness (QED) is 0.840. The van der Waals surface area contributed by atoms with E-state index in [2.05, 4.69) is 15.9 Å². The minimum atomic E-state index is -0.204. The van der Waals surface area contributed by atoms with Crippen LogP contribution in [0.5, 0.6) is 0 Å². The first kappa shape index (κ1) is 9.48.